The van der Waals surface area contributed by atoms with E-state index in [-0.39, 0.29) is 11.7 Å². The number of benzene rings is 1. The van der Waals surface area contributed by atoms with Crippen LogP contribution in [0, 0.1) is 5.92 Å². The standard InChI is InChI=1S/C20H23N3O3/c1-25-17-8-7-14(11-18(17)26-2)16-9-10-21-19-12-15(22-23(16)19)20(24)13-5-3-4-6-13/h7-9,11-13,21H,3-6,10H2,1-2H3. The highest BCUT2D eigenvalue weighted by molar-refractivity contribution is 5.97. The van der Waals surface area contributed by atoms with Gasteiger partial charge in [-0.2, -0.15) is 5.10 Å². The summed E-state index contributed by atoms with van der Waals surface area (Å²) in [7, 11) is 3.24. The van der Waals surface area contributed by atoms with Crippen LogP contribution in [0.25, 0.3) is 5.70 Å². The number of nitrogens with zero attached hydrogens (tertiary/aromatic N) is 2. The van der Waals surface area contributed by atoms with Gasteiger partial charge in [0.15, 0.2) is 17.3 Å². The summed E-state index contributed by atoms with van der Waals surface area (Å²) in [4.78, 5) is 12.7. The van der Waals surface area contributed by atoms with Crippen LogP contribution in [0.5, 0.6) is 11.5 Å². The van der Waals surface area contributed by atoms with E-state index in [0.717, 1.165) is 42.8 Å². The van der Waals surface area contributed by atoms with Crippen molar-refractivity contribution in [3.8, 4) is 11.5 Å². The molecular weight excluding hydrogens is 330 g/mol. The quantitative estimate of drug-likeness (QED) is 0.832. The number of carbonyl (C=O) groups is 1. The van der Waals surface area contributed by atoms with Gasteiger partial charge in [0.25, 0.3) is 0 Å². The fraction of sp³-hybridized carbons (Fsp3) is 0.400. The monoisotopic (exact) mass is 353 g/mol. The number of aromatic nitrogens is 2. The van der Waals surface area contributed by atoms with E-state index in [2.05, 4.69) is 16.5 Å². The van der Waals surface area contributed by atoms with Gasteiger partial charge in [-0.25, -0.2) is 4.68 Å². The van der Waals surface area contributed by atoms with Crippen molar-refractivity contribution in [1.29, 1.82) is 0 Å². The van der Waals surface area contributed by atoms with Gasteiger partial charge in [-0.05, 0) is 37.1 Å². The van der Waals surface area contributed by atoms with Crippen molar-refractivity contribution in [1.82, 2.24) is 9.78 Å². The molecule has 1 aromatic carbocycles. The number of ether oxygens (including phenoxy) is 2. The SMILES string of the molecule is COc1ccc(C2=CCNc3cc(C(=O)C4CCCC4)nn32)cc1OC. The maximum Gasteiger partial charge on any atom is 0.186 e. The molecule has 0 atom stereocenters. The molecule has 4 rings (SSSR count). The number of anilines is 1. The van der Waals surface area contributed by atoms with E-state index < -0.39 is 0 Å². The van der Waals surface area contributed by atoms with E-state index in [0.29, 0.717) is 23.7 Å². The summed E-state index contributed by atoms with van der Waals surface area (Å²) < 4.78 is 12.5. The molecule has 1 aromatic heterocycles. The summed E-state index contributed by atoms with van der Waals surface area (Å²) in [5, 5.41) is 7.91. The van der Waals surface area contributed by atoms with E-state index in [1.54, 1.807) is 14.2 Å². The minimum absolute atomic E-state index is 0.125. The van der Waals surface area contributed by atoms with Gasteiger partial charge in [0.2, 0.25) is 0 Å². The number of methoxy groups -OCH3 is 2. The number of Topliss-reactive ketones (excluding diaryl/α,β-unsaturated/α-hetero) is 1. The first-order valence-electron chi connectivity index (χ1n) is 9.02. The molecule has 0 bridgehead atoms. The predicted molar refractivity (Wildman–Crippen MR) is 99.9 cm³/mol. The largest absolute Gasteiger partial charge is 0.493 e. The molecule has 1 aliphatic heterocycles. The summed E-state index contributed by atoms with van der Waals surface area (Å²) in [5.41, 5.74) is 2.45. The number of ketones is 1. The van der Waals surface area contributed by atoms with Gasteiger partial charge in [0, 0.05) is 24.1 Å². The van der Waals surface area contributed by atoms with Crippen molar-refractivity contribution in [2.45, 2.75) is 25.7 Å². The third-order valence-electron chi connectivity index (χ3n) is 5.17. The molecule has 1 N–H and O–H groups in total. The van der Waals surface area contributed by atoms with Gasteiger partial charge >= 0.3 is 0 Å². The van der Waals surface area contributed by atoms with E-state index in [4.69, 9.17) is 9.47 Å². The average molecular weight is 353 g/mol. The molecule has 2 heterocycles. The van der Waals surface area contributed by atoms with Crippen LogP contribution < -0.4 is 14.8 Å². The van der Waals surface area contributed by atoms with Gasteiger partial charge in [0.05, 0.1) is 19.9 Å². The van der Waals surface area contributed by atoms with Gasteiger partial charge in [-0.15, -0.1) is 0 Å². The zero-order valence-electron chi connectivity index (χ0n) is 15.1. The first kappa shape index (κ1) is 16.7. The number of nitrogens with one attached hydrogen (secondary N) is 1. The zero-order chi connectivity index (χ0) is 18.1. The molecule has 2 aliphatic rings. The average Bonchev–Trinajstić information content (AvgIpc) is 3.36. The van der Waals surface area contributed by atoms with Crippen LogP contribution in [-0.4, -0.2) is 36.3 Å². The number of hydrogen-bond acceptors (Lipinski definition) is 5. The van der Waals surface area contributed by atoms with E-state index in [1.165, 1.54) is 0 Å². The third kappa shape index (κ3) is 2.85. The number of carbonyl (C=O) groups excluding carboxylic acids is 1. The molecule has 1 aliphatic carbocycles. The van der Waals surface area contributed by atoms with E-state index in [9.17, 15) is 4.79 Å². The molecule has 0 saturated heterocycles. The van der Waals surface area contributed by atoms with Crippen molar-refractivity contribution in [2.24, 2.45) is 5.92 Å². The van der Waals surface area contributed by atoms with Crippen LogP contribution in [0.3, 0.4) is 0 Å². The molecule has 0 radical (unpaired) electrons. The molecule has 136 valence electrons. The van der Waals surface area contributed by atoms with Gasteiger partial charge in [-0.1, -0.05) is 12.8 Å². The second kappa shape index (κ2) is 6.86. The number of fused-ring (bicyclic) bond motifs is 1. The van der Waals surface area contributed by atoms with Crippen molar-refractivity contribution < 1.29 is 14.3 Å². The lowest BCUT2D eigenvalue weighted by atomic mass is 10.0. The molecule has 1 saturated carbocycles. The van der Waals surface area contributed by atoms with Crippen LogP contribution >= 0.6 is 0 Å². The van der Waals surface area contributed by atoms with Crippen LogP contribution in [-0.2, 0) is 0 Å². The Kier molecular flexibility index (Phi) is 4.41. The molecule has 2 aromatic rings. The van der Waals surface area contributed by atoms with Crippen LogP contribution in [0.2, 0.25) is 0 Å². The number of hydrogen-bond donors (Lipinski definition) is 1. The Morgan fingerprint density at radius 1 is 1.15 bits per heavy atom. The zero-order valence-corrected chi connectivity index (χ0v) is 15.1. The minimum Gasteiger partial charge on any atom is -0.493 e. The highest BCUT2D eigenvalue weighted by atomic mass is 16.5. The summed E-state index contributed by atoms with van der Waals surface area (Å²) in [6.07, 6.45) is 6.29. The Balaban J connectivity index is 1.68. The maximum absolute atomic E-state index is 12.7. The van der Waals surface area contributed by atoms with Crippen LogP contribution in [0.15, 0.2) is 30.3 Å². The molecular formula is C20H23N3O3. The predicted octanol–water partition coefficient (Wildman–Crippen LogP) is 3.59. The van der Waals surface area contributed by atoms with Crippen LogP contribution in [0.4, 0.5) is 5.82 Å². The van der Waals surface area contributed by atoms with E-state index in [1.807, 2.05) is 28.9 Å². The molecule has 26 heavy (non-hydrogen) atoms. The normalized spacial score (nSPS) is 16.6. The molecule has 1 fully saturated rings. The first-order chi connectivity index (χ1) is 12.7. The summed E-state index contributed by atoms with van der Waals surface area (Å²) in [6, 6.07) is 7.65. The Hall–Kier alpha value is -2.76. The van der Waals surface area contributed by atoms with Gasteiger partial charge in [0.1, 0.15) is 11.5 Å². The fourth-order valence-electron chi connectivity index (χ4n) is 3.78. The second-order valence-electron chi connectivity index (χ2n) is 6.71. The van der Waals surface area contributed by atoms with E-state index >= 15 is 0 Å². The Bertz CT molecular complexity index is 863. The van der Waals surface area contributed by atoms with Gasteiger partial charge < -0.3 is 14.8 Å². The molecule has 6 heteroatoms. The highest BCUT2D eigenvalue weighted by Crippen LogP contribution is 2.34. The summed E-state index contributed by atoms with van der Waals surface area (Å²) >= 11 is 0. The minimum atomic E-state index is 0.125. The lowest BCUT2D eigenvalue weighted by Gasteiger charge is -2.18. The molecule has 0 spiro atoms. The lowest BCUT2D eigenvalue weighted by molar-refractivity contribution is 0.0917. The van der Waals surface area contributed by atoms with Crippen LogP contribution in [0.1, 0.15) is 41.7 Å². The Morgan fingerprint density at radius 2 is 1.92 bits per heavy atom. The third-order valence-corrected chi connectivity index (χ3v) is 5.17. The summed E-state index contributed by atoms with van der Waals surface area (Å²) in [6.45, 7) is 0.687. The number of rotatable bonds is 5. The Morgan fingerprint density at radius 3 is 2.65 bits per heavy atom. The molecule has 6 nitrogen and oxygen atoms in total. The first-order valence-corrected chi connectivity index (χ1v) is 9.02. The van der Waals surface area contributed by atoms with Crippen molar-refractivity contribution in [2.75, 3.05) is 26.1 Å². The van der Waals surface area contributed by atoms with Crippen molar-refractivity contribution in [3.63, 3.8) is 0 Å². The maximum atomic E-state index is 12.7. The second-order valence-corrected chi connectivity index (χ2v) is 6.71. The molecule has 0 unspecified atom stereocenters. The smallest absolute Gasteiger partial charge is 0.186 e. The molecule has 0 amide bonds. The lowest BCUT2D eigenvalue weighted by Crippen LogP contribution is -2.16. The summed E-state index contributed by atoms with van der Waals surface area (Å²) in [5.74, 6) is 2.49. The van der Waals surface area contributed by atoms with Crippen molar-refractivity contribution >= 4 is 17.3 Å². The fourth-order valence-corrected chi connectivity index (χ4v) is 3.78. The van der Waals surface area contributed by atoms with Gasteiger partial charge in [-0.3, -0.25) is 4.79 Å². The van der Waals surface area contributed by atoms with Crippen molar-refractivity contribution in [3.05, 3.63) is 41.6 Å². The topological polar surface area (TPSA) is 65.4 Å². The Labute approximate surface area is 152 Å². The highest BCUT2D eigenvalue weighted by Gasteiger charge is 2.28.